The standard InChI is InChI=1S/C17H16N2/c18-12-15-6-2-1-5-13(15)11-14-9-10-19-17-8-4-3-7-16(14)17/h1-10H,11-12,18H2. The number of nitrogens with two attached hydrogens (primary N) is 1. The minimum Gasteiger partial charge on any atom is -0.326 e. The van der Waals surface area contributed by atoms with E-state index in [1.807, 2.05) is 24.4 Å². The second-order valence-corrected chi connectivity index (χ2v) is 4.64. The van der Waals surface area contributed by atoms with E-state index in [1.54, 1.807) is 0 Å². The molecule has 0 radical (unpaired) electrons. The Kier molecular flexibility index (Phi) is 3.25. The molecule has 0 aliphatic rings. The predicted molar refractivity (Wildman–Crippen MR) is 78.9 cm³/mol. The van der Waals surface area contributed by atoms with Gasteiger partial charge in [0.2, 0.25) is 0 Å². The number of hydrogen-bond acceptors (Lipinski definition) is 2. The van der Waals surface area contributed by atoms with Crippen LogP contribution in [0.3, 0.4) is 0 Å². The highest BCUT2D eigenvalue weighted by Gasteiger charge is 2.05. The Morgan fingerprint density at radius 2 is 1.53 bits per heavy atom. The molecule has 3 rings (SSSR count). The number of pyridine rings is 1. The molecule has 3 aromatic rings. The van der Waals surface area contributed by atoms with Gasteiger partial charge >= 0.3 is 0 Å². The van der Waals surface area contributed by atoms with Crippen LogP contribution in [-0.2, 0) is 13.0 Å². The normalized spacial score (nSPS) is 10.8. The van der Waals surface area contributed by atoms with Crippen LogP contribution in [0.25, 0.3) is 10.9 Å². The van der Waals surface area contributed by atoms with Crippen molar-refractivity contribution in [1.82, 2.24) is 4.98 Å². The van der Waals surface area contributed by atoms with E-state index >= 15 is 0 Å². The third kappa shape index (κ3) is 2.35. The lowest BCUT2D eigenvalue weighted by Gasteiger charge is -2.09. The van der Waals surface area contributed by atoms with Crippen LogP contribution in [0.5, 0.6) is 0 Å². The zero-order chi connectivity index (χ0) is 13.1. The molecule has 1 heterocycles. The van der Waals surface area contributed by atoms with Gasteiger partial charge in [0.25, 0.3) is 0 Å². The summed E-state index contributed by atoms with van der Waals surface area (Å²) in [5, 5.41) is 1.22. The van der Waals surface area contributed by atoms with Gasteiger partial charge in [-0.05, 0) is 35.2 Å². The van der Waals surface area contributed by atoms with Gasteiger partial charge < -0.3 is 5.73 Å². The van der Waals surface area contributed by atoms with E-state index in [0.29, 0.717) is 6.54 Å². The van der Waals surface area contributed by atoms with Crippen LogP contribution >= 0.6 is 0 Å². The first-order chi connectivity index (χ1) is 9.38. The fraction of sp³-hybridized carbons (Fsp3) is 0.118. The topological polar surface area (TPSA) is 38.9 Å². The molecule has 0 spiro atoms. The quantitative estimate of drug-likeness (QED) is 0.772. The number of fused-ring (bicyclic) bond motifs is 1. The van der Waals surface area contributed by atoms with Crippen LogP contribution in [0.15, 0.2) is 60.8 Å². The third-order valence-electron chi connectivity index (χ3n) is 3.46. The molecule has 19 heavy (non-hydrogen) atoms. The van der Waals surface area contributed by atoms with Crippen molar-refractivity contribution in [3.63, 3.8) is 0 Å². The lowest BCUT2D eigenvalue weighted by atomic mass is 9.97. The number of hydrogen-bond donors (Lipinski definition) is 1. The molecular formula is C17H16N2. The van der Waals surface area contributed by atoms with E-state index < -0.39 is 0 Å². The second kappa shape index (κ2) is 5.21. The van der Waals surface area contributed by atoms with Crippen molar-refractivity contribution < 1.29 is 0 Å². The molecule has 0 fully saturated rings. The number of para-hydroxylation sites is 1. The Morgan fingerprint density at radius 1 is 0.789 bits per heavy atom. The van der Waals surface area contributed by atoms with Crippen LogP contribution in [0, 0.1) is 0 Å². The number of aromatic nitrogens is 1. The highest BCUT2D eigenvalue weighted by atomic mass is 14.6. The highest BCUT2D eigenvalue weighted by Crippen LogP contribution is 2.21. The molecule has 0 amide bonds. The molecule has 0 saturated carbocycles. The van der Waals surface area contributed by atoms with Crippen molar-refractivity contribution in [2.45, 2.75) is 13.0 Å². The summed E-state index contributed by atoms with van der Waals surface area (Å²) in [5.41, 5.74) is 10.7. The van der Waals surface area contributed by atoms with Gasteiger partial charge in [-0.2, -0.15) is 0 Å². The van der Waals surface area contributed by atoms with Gasteiger partial charge in [0.05, 0.1) is 5.52 Å². The first-order valence-electron chi connectivity index (χ1n) is 6.48. The maximum Gasteiger partial charge on any atom is 0.0704 e. The highest BCUT2D eigenvalue weighted by molar-refractivity contribution is 5.82. The van der Waals surface area contributed by atoms with Crippen molar-refractivity contribution >= 4 is 10.9 Å². The van der Waals surface area contributed by atoms with Crippen LogP contribution in [-0.4, -0.2) is 4.98 Å². The van der Waals surface area contributed by atoms with Gasteiger partial charge in [-0.25, -0.2) is 0 Å². The zero-order valence-corrected chi connectivity index (χ0v) is 10.7. The lowest BCUT2D eigenvalue weighted by Crippen LogP contribution is -2.02. The second-order valence-electron chi connectivity index (χ2n) is 4.64. The van der Waals surface area contributed by atoms with Crippen LogP contribution in [0.4, 0.5) is 0 Å². The molecule has 2 aromatic carbocycles. The Labute approximate surface area is 112 Å². The van der Waals surface area contributed by atoms with Gasteiger partial charge in [0.1, 0.15) is 0 Å². The molecule has 2 N–H and O–H groups in total. The molecule has 2 heteroatoms. The van der Waals surface area contributed by atoms with E-state index in [1.165, 1.54) is 22.1 Å². The van der Waals surface area contributed by atoms with Crippen molar-refractivity contribution in [3.05, 3.63) is 77.5 Å². The zero-order valence-electron chi connectivity index (χ0n) is 10.7. The average molecular weight is 248 g/mol. The van der Waals surface area contributed by atoms with E-state index in [0.717, 1.165) is 11.9 Å². The smallest absolute Gasteiger partial charge is 0.0704 e. The number of rotatable bonds is 3. The summed E-state index contributed by atoms with van der Waals surface area (Å²) >= 11 is 0. The molecule has 0 saturated heterocycles. The Hall–Kier alpha value is -2.19. The maximum atomic E-state index is 5.80. The Balaban J connectivity index is 2.06. The van der Waals surface area contributed by atoms with E-state index in [2.05, 4.69) is 41.4 Å². The monoisotopic (exact) mass is 248 g/mol. The Bertz CT molecular complexity index is 699. The summed E-state index contributed by atoms with van der Waals surface area (Å²) in [5.74, 6) is 0. The maximum absolute atomic E-state index is 5.80. The molecule has 0 unspecified atom stereocenters. The summed E-state index contributed by atoms with van der Waals surface area (Å²) in [6, 6.07) is 18.7. The van der Waals surface area contributed by atoms with E-state index in [4.69, 9.17) is 5.73 Å². The lowest BCUT2D eigenvalue weighted by molar-refractivity contribution is 1.02. The minimum atomic E-state index is 0.583. The average Bonchev–Trinajstić information content (AvgIpc) is 2.48. The molecule has 0 atom stereocenters. The first-order valence-corrected chi connectivity index (χ1v) is 6.48. The Morgan fingerprint density at radius 3 is 2.37 bits per heavy atom. The van der Waals surface area contributed by atoms with Gasteiger partial charge in [-0.15, -0.1) is 0 Å². The largest absolute Gasteiger partial charge is 0.326 e. The van der Waals surface area contributed by atoms with E-state index in [9.17, 15) is 0 Å². The molecule has 1 aromatic heterocycles. The number of nitrogens with zero attached hydrogens (tertiary/aromatic N) is 1. The van der Waals surface area contributed by atoms with Crippen LogP contribution in [0.2, 0.25) is 0 Å². The third-order valence-corrected chi connectivity index (χ3v) is 3.46. The molecule has 94 valence electrons. The van der Waals surface area contributed by atoms with Gasteiger partial charge in [0.15, 0.2) is 0 Å². The summed E-state index contributed by atoms with van der Waals surface area (Å²) in [6.45, 7) is 0.583. The summed E-state index contributed by atoms with van der Waals surface area (Å²) < 4.78 is 0. The minimum absolute atomic E-state index is 0.583. The molecule has 0 aliphatic carbocycles. The molecular weight excluding hydrogens is 232 g/mol. The van der Waals surface area contributed by atoms with Gasteiger partial charge in [-0.3, -0.25) is 4.98 Å². The van der Waals surface area contributed by atoms with Crippen LogP contribution < -0.4 is 5.73 Å². The van der Waals surface area contributed by atoms with E-state index in [-0.39, 0.29) is 0 Å². The fourth-order valence-electron chi connectivity index (χ4n) is 2.44. The van der Waals surface area contributed by atoms with Crippen LogP contribution in [0.1, 0.15) is 16.7 Å². The van der Waals surface area contributed by atoms with Gasteiger partial charge in [-0.1, -0.05) is 42.5 Å². The van der Waals surface area contributed by atoms with Crippen molar-refractivity contribution in [1.29, 1.82) is 0 Å². The summed E-state index contributed by atoms with van der Waals surface area (Å²) in [4.78, 5) is 4.40. The van der Waals surface area contributed by atoms with Crippen molar-refractivity contribution in [3.8, 4) is 0 Å². The van der Waals surface area contributed by atoms with Gasteiger partial charge in [0, 0.05) is 18.1 Å². The van der Waals surface area contributed by atoms with Crippen molar-refractivity contribution in [2.24, 2.45) is 5.73 Å². The SMILES string of the molecule is NCc1ccccc1Cc1ccnc2ccccc12. The molecule has 2 nitrogen and oxygen atoms in total. The fourth-order valence-corrected chi connectivity index (χ4v) is 2.44. The molecule has 0 bridgehead atoms. The summed E-state index contributed by atoms with van der Waals surface area (Å²) in [6.07, 6.45) is 2.78. The number of benzene rings is 2. The predicted octanol–water partition coefficient (Wildman–Crippen LogP) is 3.28. The van der Waals surface area contributed by atoms with Crippen molar-refractivity contribution in [2.75, 3.05) is 0 Å². The first kappa shape index (κ1) is 11.9. The summed E-state index contributed by atoms with van der Waals surface area (Å²) in [7, 11) is 0. The molecule has 0 aliphatic heterocycles.